The summed E-state index contributed by atoms with van der Waals surface area (Å²) in [7, 11) is 0. The zero-order chi connectivity index (χ0) is 22.1. The molecule has 0 spiro atoms. The minimum absolute atomic E-state index is 0.121. The quantitative estimate of drug-likeness (QED) is 0.626. The summed E-state index contributed by atoms with van der Waals surface area (Å²) in [4.78, 5) is 2.50. The number of halogens is 1. The number of benzene rings is 2. The highest BCUT2D eigenvalue weighted by atomic mass is 19.1. The molecule has 0 radical (unpaired) electrons. The van der Waals surface area contributed by atoms with Gasteiger partial charge in [0, 0.05) is 18.2 Å². The maximum Gasteiger partial charge on any atom is 0.149 e. The lowest BCUT2D eigenvalue weighted by Crippen LogP contribution is -2.54. The molecule has 7 heteroatoms. The van der Waals surface area contributed by atoms with Gasteiger partial charge in [0.25, 0.3) is 0 Å². The number of phenolic OH excluding ortho intramolecular Hbond substituents is 1. The zero-order valence-electron chi connectivity index (χ0n) is 18.1. The van der Waals surface area contributed by atoms with Gasteiger partial charge in [-0.3, -0.25) is 4.90 Å². The Morgan fingerprint density at radius 3 is 2.53 bits per heavy atom. The molecular formula is C25H27FN4O2. The minimum Gasteiger partial charge on any atom is -0.507 e. The molecule has 2 fully saturated rings. The summed E-state index contributed by atoms with van der Waals surface area (Å²) >= 11 is 0. The third-order valence-electron chi connectivity index (χ3n) is 6.36. The van der Waals surface area contributed by atoms with Crippen LogP contribution in [-0.2, 0) is 4.74 Å². The van der Waals surface area contributed by atoms with Gasteiger partial charge < -0.3 is 15.2 Å². The maximum atomic E-state index is 13.2. The van der Waals surface area contributed by atoms with Crippen LogP contribution in [0.2, 0.25) is 0 Å². The van der Waals surface area contributed by atoms with E-state index in [1.807, 2.05) is 25.1 Å². The van der Waals surface area contributed by atoms with Crippen LogP contribution in [0, 0.1) is 12.7 Å². The van der Waals surface area contributed by atoms with Crippen LogP contribution in [0.3, 0.4) is 0 Å². The number of ether oxygens (including phenoxy) is 1. The van der Waals surface area contributed by atoms with Crippen LogP contribution >= 0.6 is 0 Å². The first-order valence-electron chi connectivity index (χ1n) is 11.1. The van der Waals surface area contributed by atoms with Gasteiger partial charge in [-0.2, -0.15) is 0 Å². The summed E-state index contributed by atoms with van der Waals surface area (Å²) < 4.78 is 18.5. The number of aromatic hydroxyl groups is 1. The Labute approximate surface area is 187 Å². The minimum atomic E-state index is -0.285. The molecule has 3 aromatic rings. The van der Waals surface area contributed by atoms with Gasteiger partial charge in [0.1, 0.15) is 17.4 Å². The monoisotopic (exact) mass is 434 g/mol. The molecule has 2 N–H and O–H groups in total. The number of hydrogen-bond acceptors (Lipinski definition) is 6. The number of hydrogen-bond donors (Lipinski definition) is 2. The van der Waals surface area contributed by atoms with Crippen LogP contribution in [0.4, 0.5) is 10.2 Å². The number of piperidine rings is 1. The molecule has 5 rings (SSSR count). The van der Waals surface area contributed by atoms with Crippen LogP contribution < -0.4 is 5.32 Å². The van der Waals surface area contributed by atoms with E-state index >= 15 is 0 Å². The van der Waals surface area contributed by atoms with Crippen LogP contribution in [-0.4, -0.2) is 58.6 Å². The number of phenols is 1. The lowest BCUT2D eigenvalue weighted by Gasteiger charge is -2.42. The van der Waals surface area contributed by atoms with Gasteiger partial charge >= 0.3 is 0 Å². The van der Waals surface area contributed by atoms with Crippen molar-refractivity contribution in [3.05, 3.63) is 59.9 Å². The number of likely N-dealkylation sites (tertiary alicyclic amines) is 1. The molecule has 1 atom stereocenters. The van der Waals surface area contributed by atoms with Gasteiger partial charge in [0.2, 0.25) is 0 Å². The van der Waals surface area contributed by atoms with Gasteiger partial charge in [0.05, 0.1) is 24.9 Å². The number of rotatable bonds is 5. The highest BCUT2D eigenvalue weighted by Gasteiger charge is 2.30. The second kappa shape index (κ2) is 8.84. The fourth-order valence-electron chi connectivity index (χ4n) is 4.47. The van der Waals surface area contributed by atoms with Crippen molar-refractivity contribution in [2.45, 2.75) is 31.8 Å². The van der Waals surface area contributed by atoms with Gasteiger partial charge in [0.15, 0.2) is 0 Å². The van der Waals surface area contributed by atoms with E-state index in [4.69, 9.17) is 4.74 Å². The predicted octanol–water partition coefficient (Wildman–Crippen LogP) is 4.24. The molecular weight excluding hydrogens is 407 g/mol. The summed E-state index contributed by atoms with van der Waals surface area (Å²) in [6.45, 7) is 5.76. The van der Waals surface area contributed by atoms with Gasteiger partial charge in [-0.25, -0.2) is 4.39 Å². The first kappa shape index (κ1) is 20.8. The second-order valence-electron chi connectivity index (χ2n) is 8.67. The molecule has 1 unspecified atom stereocenters. The zero-order valence-corrected chi connectivity index (χ0v) is 18.1. The SMILES string of the molecule is Cc1cc(NC2CCCN(C3COC3)C2)nnc1-c1ccc(-c2ccc(F)cc2)cc1O. The van der Waals surface area contributed by atoms with E-state index in [2.05, 4.69) is 20.4 Å². The number of aromatic nitrogens is 2. The molecule has 0 aliphatic carbocycles. The molecule has 3 heterocycles. The van der Waals surface area contributed by atoms with Crippen molar-refractivity contribution < 1.29 is 14.2 Å². The van der Waals surface area contributed by atoms with Gasteiger partial charge in [-0.15, -0.1) is 10.2 Å². The van der Waals surface area contributed by atoms with Crippen molar-refractivity contribution in [1.29, 1.82) is 0 Å². The summed E-state index contributed by atoms with van der Waals surface area (Å²) in [5.74, 6) is 0.591. The van der Waals surface area contributed by atoms with Crippen LogP contribution in [0.5, 0.6) is 5.75 Å². The average molecular weight is 435 g/mol. The third kappa shape index (κ3) is 4.31. The maximum absolute atomic E-state index is 13.2. The molecule has 0 saturated carbocycles. The second-order valence-corrected chi connectivity index (χ2v) is 8.67. The molecule has 0 amide bonds. The van der Waals surface area contributed by atoms with E-state index in [1.165, 1.54) is 12.1 Å². The first-order valence-corrected chi connectivity index (χ1v) is 11.1. The van der Waals surface area contributed by atoms with E-state index in [0.717, 1.165) is 61.7 Å². The number of aryl methyl sites for hydroxylation is 1. The smallest absolute Gasteiger partial charge is 0.149 e. The summed E-state index contributed by atoms with van der Waals surface area (Å²) in [5, 5.41) is 23.0. The van der Waals surface area contributed by atoms with Gasteiger partial charge in [-0.05, 0) is 73.3 Å². The molecule has 2 aliphatic rings. The lowest BCUT2D eigenvalue weighted by molar-refractivity contribution is -0.0710. The molecule has 0 bridgehead atoms. The van der Waals surface area contributed by atoms with Crippen molar-refractivity contribution in [3.63, 3.8) is 0 Å². The summed E-state index contributed by atoms with van der Waals surface area (Å²) in [6, 6.07) is 14.5. The third-order valence-corrected chi connectivity index (χ3v) is 6.36. The number of nitrogens with zero attached hydrogens (tertiary/aromatic N) is 3. The Hall–Kier alpha value is -3.03. The molecule has 166 valence electrons. The highest BCUT2D eigenvalue weighted by Crippen LogP contribution is 2.34. The van der Waals surface area contributed by atoms with E-state index in [9.17, 15) is 9.50 Å². The van der Waals surface area contributed by atoms with Gasteiger partial charge in [-0.1, -0.05) is 18.2 Å². The van der Waals surface area contributed by atoms with Crippen molar-refractivity contribution in [2.24, 2.45) is 0 Å². The predicted molar refractivity (Wildman–Crippen MR) is 122 cm³/mol. The van der Waals surface area contributed by atoms with E-state index in [-0.39, 0.29) is 11.6 Å². The molecule has 32 heavy (non-hydrogen) atoms. The Morgan fingerprint density at radius 1 is 1.06 bits per heavy atom. The molecule has 2 saturated heterocycles. The molecule has 1 aromatic heterocycles. The van der Waals surface area contributed by atoms with E-state index < -0.39 is 0 Å². The average Bonchev–Trinajstić information content (AvgIpc) is 2.74. The molecule has 6 nitrogen and oxygen atoms in total. The Balaban J connectivity index is 1.31. The van der Waals surface area contributed by atoms with E-state index in [0.29, 0.717) is 23.3 Å². The summed E-state index contributed by atoms with van der Waals surface area (Å²) in [6.07, 6.45) is 2.27. The first-order chi connectivity index (χ1) is 15.6. The highest BCUT2D eigenvalue weighted by molar-refractivity contribution is 5.75. The van der Waals surface area contributed by atoms with Crippen LogP contribution in [0.15, 0.2) is 48.5 Å². The van der Waals surface area contributed by atoms with Crippen LogP contribution in [0.25, 0.3) is 22.4 Å². The van der Waals surface area contributed by atoms with Crippen LogP contribution in [0.1, 0.15) is 18.4 Å². The Bertz CT molecular complexity index is 1100. The van der Waals surface area contributed by atoms with E-state index in [1.54, 1.807) is 18.2 Å². The Morgan fingerprint density at radius 2 is 1.84 bits per heavy atom. The lowest BCUT2D eigenvalue weighted by atomic mass is 10.00. The summed E-state index contributed by atoms with van der Waals surface area (Å²) in [5.41, 5.74) is 3.86. The van der Waals surface area contributed by atoms with Crippen molar-refractivity contribution in [2.75, 3.05) is 31.6 Å². The van der Waals surface area contributed by atoms with Crippen molar-refractivity contribution >= 4 is 5.82 Å². The number of nitrogens with one attached hydrogen (secondary N) is 1. The van der Waals surface area contributed by atoms with Crippen molar-refractivity contribution in [1.82, 2.24) is 15.1 Å². The molecule has 2 aliphatic heterocycles. The van der Waals surface area contributed by atoms with Crippen molar-refractivity contribution in [3.8, 4) is 28.1 Å². The Kier molecular flexibility index (Phi) is 5.76. The fraction of sp³-hybridized carbons (Fsp3) is 0.360. The largest absolute Gasteiger partial charge is 0.507 e. The topological polar surface area (TPSA) is 70.5 Å². The molecule has 2 aromatic carbocycles. The standard InChI is InChI=1S/C25H27FN4O2/c1-16-11-24(27-20-3-2-10-30(13-20)21-14-32-15-21)28-29-25(16)22-9-6-18(12-23(22)31)17-4-7-19(26)8-5-17/h4-9,11-12,20-21,31H,2-3,10,13-15H2,1H3,(H,27,28). The fourth-order valence-corrected chi connectivity index (χ4v) is 4.47. The number of anilines is 1. The normalized spacial score (nSPS) is 19.5.